The number of hydrogen-bond acceptors (Lipinski definition) is 2. The summed E-state index contributed by atoms with van der Waals surface area (Å²) in [5.41, 5.74) is 3.61. The van der Waals surface area contributed by atoms with Gasteiger partial charge in [0.05, 0.1) is 5.60 Å². The second kappa shape index (κ2) is 4.27. The van der Waals surface area contributed by atoms with Gasteiger partial charge in [-0.25, -0.2) is 0 Å². The molecule has 0 saturated heterocycles. The molecular formula is C16H23NO. The average Bonchev–Trinajstić information content (AvgIpc) is 2.58. The summed E-state index contributed by atoms with van der Waals surface area (Å²) < 4.78 is 0. The third kappa shape index (κ3) is 2.14. The summed E-state index contributed by atoms with van der Waals surface area (Å²) >= 11 is 0. The van der Waals surface area contributed by atoms with Crippen molar-refractivity contribution >= 4 is 5.69 Å². The Labute approximate surface area is 110 Å². The summed E-state index contributed by atoms with van der Waals surface area (Å²) in [6.45, 7) is 4.97. The van der Waals surface area contributed by atoms with Crippen LogP contribution in [0.5, 0.6) is 0 Å². The van der Waals surface area contributed by atoms with Gasteiger partial charge >= 0.3 is 0 Å². The lowest BCUT2D eigenvalue weighted by molar-refractivity contribution is 0.0810. The Bertz CT molecular complexity index is 443. The minimum atomic E-state index is -0.622. The largest absolute Gasteiger partial charge is 0.390 e. The van der Waals surface area contributed by atoms with Crippen molar-refractivity contribution in [1.29, 1.82) is 0 Å². The molecule has 0 amide bonds. The Kier molecular flexibility index (Phi) is 2.86. The monoisotopic (exact) mass is 245 g/mol. The van der Waals surface area contributed by atoms with Crippen LogP contribution in [0.1, 0.15) is 44.2 Å². The molecule has 1 aromatic carbocycles. The van der Waals surface area contributed by atoms with Crippen molar-refractivity contribution in [2.75, 3.05) is 11.4 Å². The zero-order chi connectivity index (χ0) is 12.8. The molecule has 18 heavy (non-hydrogen) atoms. The molecule has 1 saturated carbocycles. The first-order valence-corrected chi connectivity index (χ1v) is 7.14. The number of nitrogens with zero attached hydrogens (tertiary/aromatic N) is 1. The van der Waals surface area contributed by atoms with E-state index in [9.17, 15) is 5.11 Å². The summed E-state index contributed by atoms with van der Waals surface area (Å²) in [5, 5.41) is 10.1. The lowest BCUT2D eigenvalue weighted by Gasteiger charge is -2.38. The molecule has 2 aliphatic rings. The summed E-state index contributed by atoms with van der Waals surface area (Å²) in [4.78, 5) is 2.60. The lowest BCUT2D eigenvalue weighted by Crippen LogP contribution is -2.39. The molecule has 0 unspecified atom stereocenters. The molecule has 3 rings (SSSR count). The Morgan fingerprint density at radius 1 is 1.33 bits per heavy atom. The Balaban J connectivity index is 1.93. The van der Waals surface area contributed by atoms with Crippen LogP contribution < -0.4 is 4.90 Å². The number of hydrogen-bond donors (Lipinski definition) is 1. The number of fused-ring (bicyclic) bond motifs is 1. The fourth-order valence-electron chi connectivity index (χ4n) is 3.24. The van der Waals surface area contributed by atoms with Crippen molar-refractivity contribution in [2.45, 2.75) is 57.6 Å². The maximum absolute atomic E-state index is 10.1. The van der Waals surface area contributed by atoms with E-state index in [-0.39, 0.29) is 0 Å². The molecule has 0 bridgehead atoms. The van der Waals surface area contributed by atoms with Gasteiger partial charge < -0.3 is 10.0 Å². The molecule has 1 N–H and O–H groups in total. The summed E-state index contributed by atoms with van der Waals surface area (Å²) in [5.74, 6) is 0. The highest BCUT2D eigenvalue weighted by atomic mass is 16.3. The van der Waals surface area contributed by atoms with Gasteiger partial charge in [0, 0.05) is 24.7 Å². The third-order valence-electron chi connectivity index (χ3n) is 4.25. The molecular weight excluding hydrogens is 222 g/mol. The Hall–Kier alpha value is -1.02. The highest BCUT2D eigenvalue weighted by molar-refractivity contribution is 5.64. The fraction of sp³-hybridized carbons (Fsp3) is 0.625. The highest BCUT2D eigenvalue weighted by Crippen LogP contribution is 2.39. The van der Waals surface area contributed by atoms with Crippen molar-refractivity contribution in [1.82, 2.24) is 0 Å². The number of rotatable bonds is 3. The smallest absolute Gasteiger partial charge is 0.0632 e. The SMILES string of the molecule is CC(C)(O)Cc1cccc2c1N(C1CCC1)CC2. The van der Waals surface area contributed by atoms with E-state index in [1.807, 2.05) is 13.8 Å². The molecule has 1 heterocycles. The van der Waals surface area contributed by atoms with Gasteiger partial charge in [0.25, 0.3) is 0 Å². The molecule has 0 atom stereocenters. The van der Waals surface area contributed by atoms with Crippen LogP contribution in [0.3, 0.4) is 0 Å². The predicted octanol–water partition coefficient (Wildman–Crippen LogP) is 2.92. The van der Waals surface area contributed by atoms with Crippen molar-refractivity contribution in [3.8, 4) is 0 Å². The normalized spacial score (nSPS) is 19.8. The molecule has 0 aromatic heterocycles. The first-order valence-electron chi connectivity index (χ1n) is 7.14. The molecule has 1 aliphatic carbocycles. The number of benzene rings is 1. The molecule has 1 fully saturated rings. The van der Waals surface area contributed by atoms with E-state index >= 15 is 0 Å². The van der Waals surface area contributed by atoms with E-state index < -0.39 is 5.60 Å². The van der Waals surface area contributed by atoms with Gasteiger partial charge in [0.1, 0.15) is 0 Å². The minimum Gasteiger partial charge on any atom is -0.390 e. The molecule has 98 valence electrons. The van der Waals surface area contributed by atoms with Crippen LogP contribution in [-0.4, -0.2) is 23.3 Å². The molecule has 1 aromatic rings. The van der Waals surface area contributed by atoms with Crippen LogP contribution >= 0.6 is 0 Å². The first kappa shape index (κ1) is 12.0. The van der Waals surface area contributed by atoms with Gasteiger partial charge in [0.2, 0.25) is 0 Å². The van der Waals surface area contributed by atoms with E-state index in [0.717, 1.165) is 12.5 Å². The topological polar surface area (TPSA) is 23.5 Å². The summed E-state index contributed by atoms with van der Waals surface area (Å²) in [6, 6.07) is 7.34. The highest BCUT2D eigenvalue weighted by Gasteiger charge is 2.32. The van der Waals surface area contributed by atoms with Gasteiger partial charge in [-0.2, -0.15) is 0 Å². The van der Waals surface area contributed by atoms with Crippen LogP contribution in [0.2, 0.25) is 0 Å². The third-order valence-corrected chi connectivity index (χ3v) is 4.25. The maximum atomic E-state index is 10.1. The second-order valence-electron chi connectivity index (χ2n) is 6.44. The number of aliphatic hydroxyl groups is 1. The van der Waals surface area contributed by atoms with Crippen molar-refractivity contribution in [3.63, 3.8) is 0 Å². The zero-order valence-corrected chi connectivity index (χ0v) is 11.4. The van der Waals surface area contributed by atoms with E-state index in [0.29, 0.717) is 0 Å². The Morgan fingerprint density at radius 3 is 2.72 bits per heavy atom. The minimum absolute atomic E-state index is 0.622. The Morgan fingerprint density at radius 2 is 2.11 bits per heavy atom. The van der Waals surface area contributed by atoms with Gasteiger partial charge in [-0.3, -0.25) is 0 Å². The predicted molar refractivity (Wildman–Crippen MR) is 75.1 cm³/mol. The van der Waals surface area contributed by atoms with Crippen molar-refractivity contribution in [3.05, 3.63) is 29.3 Å². The van der Waals surface area contributed by atoms with Crippen molar-refractivity contribution in [2.24, 2.45) is 0 Å². The average molecular weight is 245 g/mol. The molecule has 1 aliphatic heterocycles. The lowest BCUT2D eigenvalue weighted by atomic mass is 9.90. The van der Waals surface area contributed by atoms with E-state index in [1.165, 1.54) is 49.0 Å². The van der Waals surface area contributed by atoms with Gasteiger partial charge in [-0.05, 0) is 50.7 Å². The van der Waals surface area contributed by atoms with Crippen LogP contribution in [0.4, 0.5) is 5.69 Å². The van der Waals surface area contributed by atoms with Gasteiger partial charge in [0.15, 0.2) is 0 Å². The van der Waals surface area contributed by atoms with E-state index in [2.05, 4.69) is 23.1 Å². The quantitative estimate of drug-likeness (QED) is 0.885. The fourth-order valence-corrected chi connectivity index (χ4v) is 3.24. The summed E-state index contributed by atoms with van der Waals surface area (Å²) in [6.07, 6.45) is 5.99. The zero-order valence-electron chi connectivity index (χ0n) is 11.4. The van der Waals surface area contributed by atoms with Crippen molar-refractivity contribution < 1.29 is 5.11 Å². The number of para-hydroxylation sites is 1. The number of anilines is 1. The molecule has 0 radical (unpaired) electrons. The first-order chi connectivity index (χ1) is 8.54. The van der Waals surface area contributed by atoms with Crippen LogP contribution in [0.15, 0.2) is 18.2 Å². The van der Waals surface area contributed by atoms with Crippen LogP contribution in [0, 0.1) is 0 Å². The summed E-state index contributed by atoms with van der Waals surface area (Å²) in [7, 11) is 0. The van der Waals surface area contributed by atoms with Gasteiger partial charge in [-0.1, -0.05) is 18.2 Å². The standard InChI is InChI=1S/C16H23NO/c1-16(2,18)11-13-6-3-5-12-9-10-17(15(12)13)14-7-4-8-14/h3,5-6,14,18H,4,7-11H2,1-2H3. The second-order valence-corrected chi connectivity index (χ2v) is 6.44. The van der Waals surface area contributed by atoms with Crippen LogP contribution in [0.25, 0.3) is 0 Å². The van der Waals surface area contributed by atoms with Gasteiger partial charge in [-0.15, -0.1) is 0 Å². The molecule has 0 spiro atoms. The molecule has 2 nitrogen and oxygen atoms in total. The van der Waals surface area contributed by atoms with E-state index in [4.69, 9.17) is 0 Å². The van der Waals surface area contributed by atoms with E-state index in [1.54, 1.807) is 0 Å². The van der Waals surface area contributed by atoms with Crippen LogP contribution in [-0.2, 0) is 12.8 Å². The molecule has 2 heteroatoms. The maximum Gasteiger partial charge on any atom is 0.0632 e.